The molecular weight excluding hydrogens is 398 g/mol. The van der Waals surface area contributed by atoms with Gasteiger partial charge in [0.2, 0.25) is 0 Å². The fraction of sp³-hybridized carbons (Fsp3) is 0.318. The molecule has 1 aliphatic heterocycles. The number of aromatic nitrogens is 2. The van der Waals surface area contributed by atoms with Crippen molar-refractivity contribution in [2.45, 2.75) is 25.3 Å². The molecule has 0 radical (unpaired) electrons. The number of hydrogen-bond donors (Lipinski definition) is 2. The third-order valence-electron chi connectivity index (χ3n) is 5.11. The van der Waals surface area contributed by atoms with Crippen molar-refractivity contribution in [2.75, 3.05) is 30.4 Å². The molecule has 0 spiro atoms. The number of hydrogen-bond acceptors (Lipinski definition) is 6. The number of amides is 2. The van der Waals surface area contributed by atoms with Gasteiger partial charge >= 0.3 is 6.03 Å². The van der Waals surface area contributed by atoms with Crippen molar-refractivity contribution in [3.63, 3.8) is 0 Å². The van der Waals surface area contributed by atoms with Crippen LogP contribution in [0.5, 0.6) is 5.75 Å². The molecule has 0 aliphatic carbocycles. The summed E-state index contributed by atoms with van der Waals surface area (Å²) in [5.41, 5.74) is 1.10. The summed E-state index contributed by atoms with van der Waals surface area (Å²) >= 11 is 1.61. The van der Waals surface area contributed by atoms with Crippen LogP contribution in [0.1, 0.15) is 19.3 Å². The van der Waals surface area contributed by atoms with Crippen LogP contribution in [0.25, 0.3) is 10.4 Å². The molecule has 2 N–H and O–H groups in total. The first-order chi connectivity index (χ1) is 14.7. The van der Waals surface area contributed by atoms with Crippen LogP contribution in [0, 0.1) is 0 Å². The number of benzene rings is 1. The summed E-state index contributed by atoms with van der Waals surface area (Å²) in [5.74, 6) is 1.27. The van der Waals surface area contributed by atoms with Crippen LogP contribution in [-0.4, -0.2) is 42.2 Å². The summed E-state index contributed by atoms with van der Waals surface area (Å²) in [6.07, 6.45) is 7.87. The van der Waals surface area contributed by atoms with Gasteiger partial charge in [0.15, 0.2) is 5.82 Å². The summed E-state index contributed by atoms with van der Waals surface area (Å²) in [4.78, 5) is 24.5. The van der Waals surface area contributed by atoms with E-state index in [1.165, 1.54) is 0 Å². The molecule has 3 aromatic rings. The number of nitrogens with one attached hydrogen (secondary N) is 2. The molecule has 0 unspecified atom stereocenters. The van der Waals surface area contributed by atoms with E-state index in [0.29, 0.717) is 5.82 Å². The summed E-state index contributed by atoms with van der Waals surface area (Å²) < 4.78 is 5.25. The molecule has 1 aliphatic rings. The lowest BCUT2D eigenvalue weighted by Crippen LogP contribution is -2.47. The molecule has 1 saturated heterocycles. The van der Waals surface area contributed by atoms with Gasteiger partial charge in [-0.2, -0.15) is 0 Å². The number of rotatable bonds is 5. The second-order valence-corrected chi connectivity index (χ2v) is 8.17. The molecule has 0 saturated carbocycles. The van der Waals surface area contributed by atoms with E-state index in [-0.39, 0.29) is 12.1 Å². The second-order valence-electron chi connectivity index (χ2n) is 7.11. The molecule has 2 aromatic heterocycles. The maximum absolute atomic E-state index is 13.3. The number of nitrogens with zero attached hydrogens (tertiary/aromatic N) is 3. The molecule has 30 heavy (non-hydrogen) atoms. The molecule has 8 heteroatoms. The van der Waals surface area contributed by atoms with Crippen molar-refractivity contribution in [3.8, 4) is 16.2 Å². The molecule has 3 heterocycles. The number of ether oxygens (including phenoxy) is 1. The number of methoxy groups -OCH3 is 1. The van der Waals surface area contributed by atoms with Crippen LogP contribution in [-0.2, 0) is 0 Å². The Bertz CT molecular complexity index is 953. The predicted octanol–water partition coefficient (Wildman–Crippen LogP) is 4.39. The Balaban J connectivity index is 1.61. The van der Waals surface area contributed by atoms with Crippen molar-refractivity contribution in [1.82, 2.24) is 15.3 Å². The normalized spacial score (nSPS) is 16.5. The van der Waals surface area contributed by atoms with Gasteiger partial charge in [-0.05, 0) is 61.3 Å². The fourth-order valence-corrected chi connectivity index (χ4v) is 4.65. The molecule has 4 rings (SSSR count). The zero-order chi connectivity index (χ0) is 20.8. The minimum Gasteiger partial charge on any atom is -0.497 e. The zero-order valence-electron chi connectivity index (χ0n) is 16.9. The van der Waals surface area contributed by atoms with Crippen molar-refractivity contribution in [1.29, 1.82) is 0 Å². The quantitative estimate of drug-likeness (QED) is 0.636. The highest BCUT2D eigenvalue weighted by Crippen LogP contribution is 2.36. The molecule has 0 bridgehead atoms. The third kappa shape index (κ3) is 4.77. The van der Waals surface area contributed by atoms with E-state index in [1.54, 1.807) is 37.0 Å². The van der Waals surface area contributed by atoms with Crippen molar-refractivity contribution >= 4 is 28.2 Å². The second kappa shape index (κ2) is 9.69. The third-order valence-corrected chi connectivity index (χ3v) is 6.24. The minimum absolute atomic E-state index is 0.0755. The highest BCUT2D eigenvalue weighted by atomic mass is 32.1. The Morgan fingerprint density at radius 3 is 2.83 bits per heavy atom. The van der Waals surface area contributed by atoms with Crippen molar-refractivity contribution < 1.29 is 9.53 Å². The van der Waals surface area contributed by atoms with E-state index in [9.17, 15) is 4.79 Å². The molecule has 1 aromatic carbocycles. The summed E-state index contributed by atoms with van der Waals surface area (Å²) in [6.45, 7) is 1.75. The topological polar surface area (TPSA) is 79.4 Å². The van der Waals surface area contributed by atoms with Gasteiger partial charge in [-0.15, -0.1) is 11.3 Å². The highest BCUT2D eigenvalue weighted by Gasteiger charge is 2.28. The number of carbonyl (C=O) groups excluding carboxylic acids is 1. The number of anilines is 2. The monoisotopic (exact) mass is 423 g/mol. The van der Waals surface area contributed by atoms with E-state index in [1.807, 2.05) is 35.2 Å². The van der Waals surface area contributed by atoms with Crippen LogP contribution in [0.15, 0.2) is 55.0 Å². The standard InChI is InChI=1S/C22H25N5O2S/c1-29-18-7-5-16(6-8-18)19-9-10-21(30-19)27(17-4-2-3-11-23-14-17)22(28)26-20-15-24-12-13-25-20/h5-10,12-13,15,17,23H,2-4,11,14H2,1H3,(H,25,26,28)/t17-/m0/s1. The SMILES string of the molecule is COc1ccc(-c2ccc(N(C(=O)Nc3cnccn3)[C@H]3CCCCNC3)s2)cc1. The van der Waals surface area contributed by atoms with Gasteiger partial charge in [-0.25, -0.2) is 9.78 Å². The minimum atomic E-state index is -0.188. The molecule has 1 fully saturated rings. The predicted molar refractivity (Wildman–Crippen MR) is 120 cm³/mol. The Kier molecular flexibility index (Phi) is 6.56. The molecular formula is C22H25N5O2S. The summed E-state index contributed by atoms with van der Waals surface area (Å²) in [7, 11) is 1.66. The zero-order valence-corrected chi connectivity index (χ0v) is 17.7. The lowest BCUT2D eigenvalue weighted by molar-refractivity contribution is 0.254. The lowest BCUT2D eigenvalue weighted by atomic mass is 10.1. The molecule has 7 nitrogen and oxygen atoms in total. The number of thiophene rings is 1. The van der Waals surface area contributed by atoms with E-state index >= 15 is 0 Å². The van der Waals surface area contributed by atoms with Crippen LogP contribution in [0.2, 0.25) is 0 Å². The first-order valence-electron chi connectivity index (χ1n) is 10.1. The highest BCUT2D eigenvalue weighted by molar-refractivity contribution is 7.19. The van der Waals surface area contributed by atoms with Crippen molar-refractivity contribution in [2.24, 2.45) is 0 Å². The van der Waals surface area contributed by atoms with Crippen LogP contribution in [0.3, 0.4) is 0 Å². The average molecular weight is 424 g/mol. The Morgan fingerprint density at radius 2 is 2.07 bits per heavy atom. The molecule has 1 atom stereocenters. The van der Waals surface area contributed by atoms with Gasteiger partial charge < -0.3 is 10.1 Å². The van der Waals surface area contributed by atoms with Crippen LogP contribution in [0.4, 0.5) is 15.6 Å². The Hall–Kier alpha value is -2.97. The largest absolute Gasteiger partial charge is 0.497 e. The molecule has 2 amide bonds. The van der Waals surface area contributed by atoms with E-state index < -0.39 is 0 Å². The number of carbonyl (C=O) groups is 1. The van der Waals surface area contributed by atoms with E-state index in [2.05, 4.69) is 26.7 Å². The van der Waals surface area contributed by atoms with E-state index in [0.717, 1.165) is 53.5 Å². The van der Waals surface area contributed by atoms with Gasteiger partial charge in [0.25, 0.3) is 0 Å². The smallest absolute Gasteiger partial charge is 0.328 e. The molecule has 156 valence electrons. The van der Waals surface area contributed by atoms with E-state index in [4.69, 9.17) is 4.74 Å². The Labute approximate surface area is 180 Å². The van der Waals surface area contributed by atoms with Crippen molar-refractivity contribution in [3.05, 3.63) is 55.0 Å². The first-order valence-corrected chi connectivity index (χ1v) is 10.9. The van der Waals surface area contributed by atoms with Crippen LogP contribution >= 0.6 is 11.3 Å². The maximum atomic E-state index is 13.3. The first kappa shape index (κ1) is 20.3. The Morgan fingerprint density at radius 1 is 1.20 bits per heavy atom. The number of urea groups is 1. The van der Waals surface area contributed by atoms with Gasteiger partial charge in [0.05, 0.1) is 24.3 Å². The summed E-state index contributed by atoms with van der Waals surface area (Å²) in [5, 5.41) is 7.27. The van der Waals surface area contributed by atoms with Gasteiger partial charge in [-0.3, -0.25) is 15.2 Å². The lowest BCUT2D eigenvalue weighted by Gasteiger charge is -2.30. The summed E-state index contributed by atoms with van der Waals surface area (Å²) in [6, 6.07) is 11.9. The van der Waals surface area contributed by atoms with Gasteiger partial charge in [-0.1, -0.05) is 6.42 Å². The van der Waals surface area contributed by atoms with Crippen LogP contribution < -0.4 is 20.3 Å². The van der Waals surface area contributed by atoms with Gasteiger partial charge in [0, 0.05) is 23.8 Å². The fourth-order valence-electron chi connectivity index (χ4n) is 3.57. The maximum Gasteiger partial charge on any atom is 0.328 e. The average Bonchev–Trinajstić information content (AvgIpc) is 3.10. The van der Waals surface area contributed by atoms with Gasteiger partial charge in [0.1, 0.15) is 5.75 Å².